The summed E-state index contributed by atoms with van der Waals surface area (Å²) in [4.78, 5) is 32.1. The minimum absolute atomic E-state index is 0.0297. The molecule has 3 rings (SSSR count). The molecule has 0 radical (unpaired) electrons. The molecule has 0 spiro atoms. The lowest BCUT2D eigenvalue weighted by molar-refractivity contribution is -0.137. The first-order chi connectivity index (χ1) is 17.2. The molecule has 0 saturated carbocycles. The van der Waals surface area contributed by atoms with Gasteiger partial charge in [-0.1, -0.05) is 30.3 Å². The lowest BCUT2D eigenvalue weighted by Gasteiger charge is -2.20. The molecule has 11 heteroatoms. The van der Waals surface area contributed by atoms with Crippen LogP contribution in [0.5, 0.6) is 0 Å². The third kappa shape index (κ3) is 7.91. The second-order valence-electron chi connectivity index (χ2n) is 9.25. The van der Waals surface area contributed by atoms with Crippen molar-refractivity contribution in [1.82, 2.24) is 20.6 Å². The summed E-state index contributed by atoms with van der Waals surface area (Å²) >= 11 is 5.74. The fourth-order valence-corrected chi connectivity index (χ4v) is 3.57. The number of amides is 2. The normalized spacial score (nSPS) is 12.5. The van der Waals surface area contributed by atoms with E-state index in [-0.39, 0.29) is 17.5 Å². The molecule has 0 aliphatic rings. The van der Waals surface area contributed by atoms with Gasteiger partial charge in [-0.25, -0.2) is 14.8 Å². The first kappa shape index (κ1) is 27.9. The van der Waals surface area contributed by atoms with Crippen LogP contribution in [0, 0.1) is 0 Å². The molecule has 0 fully saturated rings. The number of nitrogens with zero attached hydrogens (tertiary/aromatic N) is 2. The molecule has 0 unspecified atom stereocenters. The molecular weight excluding hydrogens is 509 g/mol. The van der Waals surface area contributed by atoms with E-state index in [2.05, 4.69) is 20.6 Å². The van der Waals surface area contributed by atoms with Crippen LogP contribution in [0.4, 0.5) is 18.0 Å². The zero-order chi connectivity index (χ0) is 27.4. The van der Waals surface area contributed by atoms with Gasteiger partial charge in [0.2, 0.25) is 5.28 Å². The van der Waals surface area contributed by atoms with E-state index in [9.17, 15) is 22.8 Å². The minimum Gasteiger partial charge on any atom is -0.444 e. The van der Waals surface area contributed by atoms with Crippen molar-refractivity contribution >= 4 is 23.6 Å². The largest absolute Gasteiger partial charge is 0.444 e. The number of aromatic nitrogens is 2. The van der Waals surface area contributed by atoms with Crippen LogP contribution in [-0.2, 0) is 17.5 Å². The fourth-order valence-electron chi connectivity index (χ4n) is 3.42. The summed E-state index contributed by atoms with van der Waals surface area (Å²) in [6.07, 6.45) is -3.84. The van der Waals surface area contributed by atoms with Crippen molar-refractivity contribution in [3.63, 3.8) is 0 Å². The van der Waals surface area contributed by atoms with Crippen LogP contribution in [0.25, 0.3) is 11.1 Å². The molecule has 2 aromatic carbocycles. The molecule has 1 aromatic heterocycles. The van der Waals surface area contributed by atoms with Crippen LogP contribution in [0.1, 0.15) is 60.9 Å². The number of carbonyl (C=O) groups is 2. The Labute approximate surface area is 217 Å². The number of alkyl carbamates (subject to hydrolysis) is 1. The number of alkyl halides is 3. The number of rotatable bonds is 6. The number of benzene rings is 2. The van der Waals surface area contributed by atoms with Gasteiger partial charge in [-0.3, -0.25) is 4.79 Å². The van der Waals surface area contributed by atoms with Crippen molar-refractivity contribution in [2.75, 3.05) is 0 Å². The van der Waals surface area contributed by atoms with E-state index in [1.807, 2.05) is 0 Å². The number of carbonyl (C=O) groups excluding carboxylic acids is 2. The number of ether oxygens (including phenoxy) is 1. The summed E-state index contributed by atoms with van der Waals surface area (Å²) in [5, 5.41) is 5.32. The molecule has 2 amide bonds. The van der Waals surface area contributed by atoms with E-state index < -0.39 is 35.4 Å². The number of nitrogens with one attached hydrogen (secondary N) is 2. The molecule has 37 heavy (non-hydrogen) atoms. The van der Waals surface area contributed by atoms with E-state index in [1.165, 1.54) is 18.3 Å². The van der Waals surface area contributed by atoms with Gasteiger partial charge in [0.15, 0.2) is 0 Å². The summed E-state index contributed by atoms with van der Waals surface area (Å²) in [5.74, 6) is -0.450. The second kappa shape index (κ2) is 11.2. The van der Waals surface area contributed by atoms with Gasteiger partial charge in [0.25, 0.3) is 5.91 Å². The zero-order valence-electron chi connectivity index (χ0n) is 20.6. The molecular formula is C26H26ClF3N4O3. The predicted molar refractivity (Wildman–Crippen MR) is 133 cm³/mol. The highest BCUT2D eigenvalue weighted by atomic mass is 35.5. The first-order valence-electron chi connectivity index (χ1n) is 11.3. The van der Waals surface area contributed by atoms with Gasteiger partial charge < -0.3 is 15.4 Å². The smallest absolute Gasteiger partial charge is 0.416 e. The van der Waals surface area contributed by atoms with Gasteiger partial charge in [0, 0.05) is 12.7 Å². The van der Waals surface area contributed by atoms with E-state index in [1.54, 1.807) is 52.0 Å². The minimum atomic E-state index is -4.53. The number of halogens is 4. The molecule has 0 aliphatic heterocycles. The molecule has 1 atom stereocenters. The molecule has 7 nitrogen and oxygen atoms in total. The lowest BCUT2D eigenvalue weighted by Crippen LogP contribution is -2.32. The Morgan fingerprint density at radius 1 is 1.05 bits per heavy atom. The van der Waals surface area contributed by atoms with Crippen LogP contribution >= 0.6 is 11.6 Å². The Morgan fingerprint density at radius 2 is 1.73 bits per heavy atom. The Kier molecular flexibility index (Phi) is 8.42. The molecule has 0 aliphatic carbocycles. The molecule has 196 valence electrons. The molecule has 2 N–H and O–H groups in total. The maximum absolute atomic E-state index is 13.4. The van der Waals surface area contributed by atoms with Crippen LogP contribution in [0.15, 0.2) is 54.7 Å². The standard InChI is InChI=1S/C26H26ClF3N4O3/c1-15(33-22(35)21-11-12-31-23(27)34-21)16-5-7-17(8-6-16)20-13-19(26(28,29)30)10-9-18(20)14-32-24(36)37-25(2,3)4/h5-13,15H,14H2,1-4H3,(H,32,36)(H,33,35)/t15-/m1/s1. The van der Waals surface area contributed by atoms with Crippen LogP contribution in [0.2, 0.25) is 5.28 Å². The van der Waals surface area contributed by atoms with Crippen molar-refractivity contribution in [3.05, 3.63) is 82.4 Å². The highest BCUT2D eigenvalue weighted by Gasteiger charge is 2.31. The Morgan fingerprint density at radius 3 is 2.32 bits per heavy atom. The van der Waals surface area contributed by atoms with E-state index in [0.717, 1.165) is 17.7 Å². The third-order valence-corrected chi connectivity index (χ3v) is 5.37. The summed E-state index contributed by atoms with van der Waals surface area (Å²) < 4.78 is 45.5. The summed E-state index contributed by atoms with van der Waals surface area (Å²) in [6.45, 7) is 6.87. The predicted octanol–water partition coefficient (Wildman–Crippen LogP) is 6.33. The van der Waals surface area contributed by atoms with Crippen molar-refractivity contribution < 1.29 is 27.5 Å². The van der Waals surface area contributed by atoms with Crippen LogP contribution < -0.4 is 10.6 Å². The van der Waals surface area contributed by atoms with Crippen molar-refractivity contribution in [1.29, 1.82) is 0 Å². The summed E-state index contributed by atoms with van der Waals surface area (Å²) in [6, 6.07) is 11.1. The van der Waals surface area contributed by atoms with Crippen molar-refractivity contribution in [3.8, 4) is 11.1 Å². The van der Waals surface area contributed by atoms with Gasteiger partial charge in [0.1, 0.15) is 11.3 Å². The van der Waals surface area contributed by atoms with Gasteiger partial charge in [-0.2, -0.15) is 13.2 Å². The molecule has 0 saturated heterocycles. The quantitative estimate of drug-likeness (QED) is 0.360. The van der Waals surface area contributed by atoms with Gasteiger partial charge in [-0.15, -0.1) is 0 Å². The van der Waals surface area contributed by atoms with Gasteiger partial charge >= 0.3 is 12.3 Å². The maximum atomic E-state index is 13.4. The van der Waals surface area contributed by atoms with Crippen LogP contribution in [0.3, 0.4) is 0 Å². The van der Waals surface area contributed by atoms with Crippen molar-refractivity contribution in [2.24, 2.45) is 0 Å². The average Bonchev–Trinajstić information content (AvgIpc) is 2.81. The first-order valence-corrected chi connectivity index (χ1v) is 11.7. The summed E-state index contributed by atoms with van der Waals surface area (Å²) in [7, 11) is 0. The van der Waals surface area contributed by atoms with Crippen LogP contribution in [-0.4, -0.2) is 27.6 Å². The highest BCUT2D eigenvalue weighted by molar-refractivity contribution is 6.28. The fraction of sp³-hybridized carbons (Fsp3) is 0.308. The maximum Gasteiger partial charge on any atom is 0.416 e. The number of hydrogen-bond acceptors (Lipinski definition) is 5. The Balaban J connectivity index is 1.82. The van der Waals surface area contributed by atoms with E-state index in [4.69, 9.17) is 16.3 Å². The van der Waals surface area contributed by atoms with E-state index in [0.29, 0.717) is 16.7 Å². The average molecular weight is 535 g/mol. The zero-order valence-corrected chi connectivity index (χ0v) is 21.4. The van der Waals surface area contributed by atoms with E-state index >= 15 is 0 Å². The second-order valence-corrected chi connectivity index (χ2v) is 9.59. The molecule has 0 bridgehead atoms. The Hall–Kier alpha value is -3.66. The van der Waals surface area contributed by atoms with Crippen molar-refractivity contribution in [2.45, 2.75) is 52.1 Å². The molecule has 3 aromatic rings. The lowest BCUT2D eigenvalue weighted by atomic mass is 9.95. The highest BCUT2D eigenvalue weighted by Crippen LogP contribution is 2.34. The monoisotopic (exact) mass is 534 g/mol. The third-order valence-electron chi connectivity index (χ3n) is 5.19. The summed E-state index contributed by atoms with van der Waals surface area (Å²) in [5.41, 5.74) is 0.605. The van der Waals surface area contributed by atoms with Gasteiger partial charge in [0.05, 0.1) is 11.6 Å². The SMILES string of the molecule is C[C@@H](NC(=O)c1ccnc(Cl)n1)c1ccc(-c2cc(C(F)(F)F)ccc2CNC(=O)OC(C)(C)C)cc1. The topological polar surface area (TPSA) is 93.2 Å². The molecule has 1 heterocycles. The number of hydrogen-bond donors (Lipinski definition) is 2. The van der Waals surface area contributed by atoms with Gasteiger partial charge in [-0.05, 0) is 79.7 Å². The Bertz CT molecular complexity index is 1280.